The molecular formula is C17H24FNO3. The molecule has 1 aliphatic carbocycles. The molecule has 1 aromatic rings. The molecule has 22 heavy (non-hydrogen) atoms. The number of nitrogens with one attached hydrogen (secondary N) is 1. The Morgan fingerprint density at radius 1 is 1.41 bits per heavy atom. The van der Waals surface area contributed by atoms with Gasteiger partial charge in [-0.05, 0) is 37.3 Å². The summed E-state index contributed by atoms with van der Waals surface area (Å²) in [5, 5.41) is 12.7. The topological polar surface area (TPSA) is 58.6 Å². The number of benzene rings is 1. The van der Waals surface area contributed by atoms with Crippen LogP contribution in [0.15, 0.2) is 24.3 Å². The van der Waals surface area contributed by atoms with E-state index in [9.17, 15) is 14.3 Å². The SMILES string of the molecule is O=C(CCCOc1cccc(F)c1)NCC(O)C1CCCC1. The first kappa shape index (κ1) is 16.7. The van der Waals surface area contributed by atoms with Gasteiger partial charge in [-0.15, -0.1) is 0 Å². The van der Waals surface area contributed by atoms with Gasteiger partial charge in [0.15, 0.2) is 0 Å². The highest BCUT2D eigenvalue weighted by Gasteiger charge is 2.23. The highest BCUT2D eigenvalue weighted by Crippen LogP contribution is 2.27. The van der Waals surface area contributed by atoms with Gasteiger partial charge in [0.05, 0.1) is 12.7 Å². The van der Waals surface area contributed by atoms with Crippen molar-refractivity contribution in [2.75, 3.05) is 13.2 Å². The highest BCUT2D eigenvalue weighted by molar-refractivity contribution is 5.75. The Bertz CT molecular complexity index is 475. The van der Waals surface area contributed by atoms with Crippen molar-refractivity contribution in [1.82, 2.24) is 5.32 Å². The Balaban J connectivity index is 1.55. The van der Waals surface area contributed by atoms with Crippen LogP contribution in [0.25, 0.3) is 0 Å². The molecule has 1 saturated carbocycles. The Hall–Kier alpha value is -1.62. The number of aliphatic hydroxyl groups is 1. The molecule has 0 heterocycles. The number of ether oxygens (including phenoxy) is 1. The summed E-state index contributed by atoms with van der Waals surface area (Å²) in [6.07, 6.45) is 4.92. The van der Waals surface area contributed by atoms with Crippen LogP contribution in [0.3, 0.4) is 0 Å². The van der Waals surface area contributed by atoms with E-state index in [4.69, 9.17) is 4.74 Å². The largest absolute Gasteiger partial charge is 0.493 e. The van der Waals surface area contributed by atoms with Gasteiger partial charge in [0.2, 0.25) is 5.91 Å². The highest BCUT2D eigenvalue weighted by atomic mass is 19.1. The zero-order valence-electron chi connectivity index (χ0n) is 12.8. The van der Waals surface area contributed by atoms with Gasteiger partial charge in [-0.1, -0.05) is 18.9 Å². The summed E-state index contributed by atoms with van der Waals surface area (Å²) < 4.78 is 18.3. The maximum atomic E-state index is 12.9. The summed E-state index contributed by atoms with van der Waals surface area (Å²) in [5.41, 5.74) is 0. The van der Waals surface area contributed by atoms with E-state index in [1.54, 1.807) is 12.1 Å². The van der Waals surface area contributed by atoms with Crippen LogP contribution in [0, 0.1) is 11.7 Å². The summed E-state index contributed by atoms with van der Waals surface area (Å²) in [4.78, 5) is 11.7. The van der Waals surface area contributed by atoms with Crippen LogP contribution in [-0.2, 0) is 4.79 Å². The molecule has 1 aliphatic rings. The predicted octanol–water partition coefficient (Wildman–Crippen LogP) is 2.65. The number of hydrogen-bond donors (Lipinski definition) is 2. The molecule has 0 spiro atoms. The number of halogens is 1. The van der Waals surface area contributed by atoms with Crippen LogP contribution in [0.4, 0.5) is 4.39 Å². The van der Waals surface area contributed by atoms with E-state index in [-0.39, 0.29) is 11.7 Å². The molecule has 1 atom stereocenters. The predicted molar refractivity (Wildman–Crippen MR) is 82.1 cm³/mol. The second kappa shape index (κ2) is 8.73. The van der Waals surface area contributed by atoms with Gasteiger partial charge in [-0.25, -0.2) is 4.39 Å². The maximum Gasteiger partial charge on any atom is 0.220 e. The van der Waals surface area contributed by atoms with Crippen LogP contribution < -0.4 is 10.1 Å². The molecular weight excluding hydrogens is 285 g/mol. The summed E-state index contributed by atoms with van der Waals surface area (Å²) in [6.45, 7) is 0.691. The van der Waals surface area contributed by atoms with Gasteiger partial charge >= 0.3 is 0 Å². The third-order valence-electron chi connectivity index (χ3n) is 4.07. The number of rotatable bonds is 8. The van der Waals surface area contributed by atoms with Crippen LogP contribution in [0.1, 0.15) is 38.5 Å². The first-order valence-corrected chi connectivity index (χ1v) is 7.98. The van der Waals surface area contributed by atoms with E-state index < -0.39 is 6.10 Å². The number of carbonyl (C=O) groups excluding carboxylic acids is 1. The molecule has 1 aromatic carbocycles. The second-order valence-electron chi connectivity index (χ2n) is 5.83. The van der Waals surface area contributed by atoms with Gasteiger partial charge in [0, 0.05) is 19.0 Å². The van der Waals surface area contributed by atoms with E-state index in [0.717, 1.165) is 12.8 Å². The summed E-state index contributed by atoms with van der Waals surface area (Å²) in [6, 6.07) is 5.94. The fourth-order valence-corrected chi connectivity index (χ4v) is 2.80. The van der Waals surface area contributed by atoms with Gasteiger partial charge in [0.25, 0.3) is 0 Å². The van der Waals surface area contributed by atoms with E-state index in [1.807, 2.05) is 0 Å². The molecule has 2 N–H and O–H groups in total. The van der Waals surface area contributed by atoms with Crippen molar-refractivity contribution in [3.8, 4) is 5.75 Å². The third-order valence-corrected chi connectivity index (χ3v) is 4.07. The van der Waals surface area contributed by atoms with Crippen molar-refractivity contribution < 1.29 is 19.0 Å². The molecule has 1 unspecified atom stereocenters. The van der Waals surface area contributed by atoms with Crippen molar-refractivity contribution >= 4 is 5.91 Å². The third kappa shape index (κ3) is 5.64. The monoisotopic (exact) mass is 309 g/mol. The average Bonchev–Trinajstić information content (AvgIpc) is 3.04. The standard InChI is InChI=1S/C17H24FNO3/c18-14-7-3-8-15(11-14)22-10-4-9-17(21)19-12-16(20)13-5-1-2-6-13/h3,7-8,11,13,16,20H,1-2,4-6,9-10,12H2,(H,19,21). The van der Waals surface area contributed by atoms with Gasteiger partial charge in [-0.2, -0.15) is 0 Å². The normalized spacial score (nSPS) is 16.5. The zero-order valence-corrected chi connectivity index (χ0v) is 12.8. The summed E-state index contributed by atoms with van der Waals surface area (Å²) in [7, 11) is 0. The molecule has 5 heteroatoms. The van der Waals surface area contributed by atoms with Crippen molar-refractivity contribution in [3.05, 3.63) is 30.1 Å². The first-order chi connectivity index (χ1) is 10.6. The van der Waals surface area contributed by atoms with Gasteiger partial charge in [0.1, 0.15) is 11.6 Å². The molecule has 2 rings (SSSR count). The maximum absolute atomic E-state index is 12.9. The van der Waals surface area contributed by atoms with Crippen molar-refractivity contribution in [2.45, 2.75) is 44.6 Å². The lowest BCUT2D eigenvalue weighted by atomic mass is 10.0. The second-order valence-corrected chi connectivity index (χ2v) is 5.83. The molecule has 122 valence electrons. The molecule has 0 aliphatic heterocycles. The Kier molecular flexibility index (Phi) is 6.65. The molecule has 0 radical (unpaired) electrons. The molecule has 0 bridgehead atoms. The zero-order chi connectivity index (χ0) is 15.8. The van der Waals surface area contributed by atoms with Gasteiger partial charge < -0.3 is 15.2 Å². The number of aliphatic hydroxyl groups excluding tert-OH is 1. The quantitative estimate of drug-likeness (QED) is 0.726. The van der Waals surface area contributed by atoms with E-state index in [0.29, 0.717) is 37.7 Å². The molecule has 1 amide bonds. The minimum atomic E-state index is -0.435. The van der Waals surface area contributed by atoms with Crippen LogP contribution in [0.2, 0.25) is 0 Å². The smallest absolute Gasteiger partial charge is 0.220 e. The van der Waals surface area contributed by atoms with Crippen LogP contribution >= 0.6 is 0 Å². The van der Waals surface area contributed by atoms with Gasteiger partial charge in [-0.3, -0.25) is 4.79 Å². The Morgan fingerprint density at radius 3 is 2.91 bits per heavy atom. The number of carbonyl (C=O) groups is 1. The lowest BCUT2D eigenvalue weighted by Crippen LogP contribution is -2.35. The average molecular weight is 309 g/mol. The van der Waals surface area contributed by atoms with E-state index in [1.165, 1.54) is 25.0 Å². The first-order valence-electron chi connectivity index (χ1n) is 7.98. The minimum absolute atomic E-state index is 0.0834. The lowest BCUT2D eigenvalue weighted by Gasteiger charge is -2.18. The summed E-state index contributed by atoms with van der Waals surface area (Å²) in [5.74, 6) is 0.379. The van der Waals surface area contributed by atoms with E-state index in [2.05, 4.69) is 5.32 Å². The number of hydrogen-bond acceptors (Lipinski definition) is 3. The lowest BCUT2D eigenvalue weighted by molar-refractivity contribution is -0.121. The fourth-order valence-electron chi connectivity index (χ4n) is 2.80. The molecule has 0 saturated heterocycles. The van der Waals surface area contributed by atoms with Crippen LogP contribution in [0.5, 0.6) is 5.75 Å². The van der Waals surface area contributed by atoms with Crippen LogP contribution in [-0.4, -0.2) is 30.3 Å². The van der Waals surface area contributed by atoms with E-state index >= 15 is 0 Å². The minimum Gasteiger partial charge on any atom is -0.493 e. The number of amides is 1. The van der Waals surface area contributed by atoms with Crippen molar-refractivity contribution in [1.29, 1.82) is 0 Å². The van der Waals surface area contributed by atoms with Crippen molar-refractivity contribution in [2.24, 2.45) is 5.92 Å². The van der Waals surface area contributed by atoms with Crippen molar-refractivity contribution in [3.63, 3.8) is 0 Å². The fraction of sp³-hybridized carbons (Fsp3) is 0.588. The summed E-state index contributed by atoms with van der Waals surface area (Å²) >= 11 is 0. The Morgan fingerprint density at radius 2 is 2.18 bits per heavy atom. The molecule has 4 nitrogen and oxygen atoms in total. The molecule has 0 aromatic heterocycles. The molecule has 1 fully saturated rings. The Labute approximate surface area is 130 Å².